The van der Waals surface area contributed by atoms with Crippen LogP contribution in [0.25, 0.3) is 0 Å². The lowest BCUT2D eigenvalue weighted by atomic mass is 9.74. The molecule has 5 nitrogen and oxygen atoms in total. The first kappa shape index (κ1) is 15.3. The Morgan fingerprint density at radius 2 is 2.29 bits per heavy atom. The summed E-state index contributed by atoms with van der Waals surface area (Å²) in [4.78, 5) is 18.3. The molecule has 2 rings (SSSR count). The number of rotatable bonds is 3. The van der Waals surface area contributed by atoms with Crippen LogP contribution in [0, 0.1) is 22.7 Å². The molecule has 1 aromatic heterocycles. The number of esters is 1. The quantitative estimate of drug-likeness (QED) is 0.798. The second kappa shape index (κ2) is 6.13. The van der Waals surface area contributed by atoms with E-state index in [0.29, 0.717) is 5.69 Å². The smallest absolute Gasteiger partial charge is 0.311 e. The number of hydrogen-bond donors (Lipinski definition) is 0. The lowest BCUT2D eigenvalue weighted by Gasteiger charge is -2.40. The second-order valence-corrected chi connectivity index (χ2v) is 6.01. The van der Waals surface area contributed by atoms with Gasteiger partial charge in [-0.3, -0.25) is 4.79 Å². The van der Waals surface area contributed by atoms with Crippen molar-refractivity contribution in [3.05, 3.63) is 24.0 Å². The maximum Gasteiger partial charge on any atom is 0.311 e. The molecule has 0 spiro atoms. The van der Waals surface area contributed by atoms with Crippen LogP contribution < -0.4 is 4.90 Å². The molecule has 5 heteroatoms. The van der Waals surface area contributed by atoms with Gasteiger partial charge in [0.15, 0.2) is 0 Å². The lowest BCUT2D eigenvalue weighted by molar-refractivity contribution is -0.154. The molecule has 21 heavy (non-hydrogen) atoms. The lowest BCUT2D eigenvalue weighted by Crippen LogP contribution is -2.45. The molecule has 0 N–H and O–H groups in total. The molecule has 1 unspecified atom stereocenters. The van der Waals surface area contributed by atoms with Gasteiger partial charge >= 0.3 is 5.97 Å². The number of anilines is 1. The molecule has 1 atom stereocenters. The van der Waals surface area contributed by atoms with Crippen molar-refractivity contribution in [2.24, 2.45) is 11.3 Å². The van der Waals surface area contributed by atoms with Crippen molar-refractivity contribution in [1.82, 2.24) is 4.98 Å². The number of carbonyl (C=O) groups is 1. The third kappa shape index (κ3) is 3.15. The van der Waals surface area contributed by atoms with Crippen molar-refractivity contribution in [3.8, 4) is 6.07 Å². The van der Waals surface area contributed by atoms with Gasteiger partial charge in [0, 0.05) is 13.1 Å². The van der Waals surface area contributed by atoms with Crippen molar-refractivity contribution in [2.75, 3.05) is 25.1 Å². The van der Waals surface area contributed by atoms with E-state index in [1.807, 2.05) is 26.0 Å². The number of aromatic nitrogens is 1. The summed E-state index contributed by atoms with van der Waals surface area (Å²) in [7, 11) is 1.44. The minimum atomic E-state index is -0.493. The predicted molar refractivity (Wildman–Crippen MR) is 79.7 cm³/mol. The zero-order chi connectivity index (χ0) is 15.5. The van der Waals surface area contributed by atoms with Crippen LogP contribution in [0.15, 0.2) is 18.3 Å². The van der Waals surface area contributed by atoms with Crippen LogP contribution in [0.1, 0.15) is 32.4 Å². The van der Waals surface area contributed by atoms with E-state index in [-0.39, 0.29) is 11.9 Å². The van der Waals surface area contributed by atoms with E-state index in [1.54, 1.807) is 12.3 Å². The highest BCUT2D eigenvalue weighted by Crippen LogP contribution is 2.36. The summed E-state index contributed by atoms with van der Waals surface area (Å²) in [6.07, 6.45) is 3.78. The number of methoxy groups -OCH3 is 1. The van der Waals surface area contributed by atoms with Crippen molar-refractivity contribution in [1.29, 1.82) is 5.26 Å². The van der Waals surface area contributed by atoms with Gasteiger partial charge < -0.3 is 9.64 Å². The summed E-state index contributed by atoms with van der Waals surface area (Å²) in [6, 6.07) is 5.66. The molecule has 0 bridgehead atoms. The second-order valence-electron chi connectivity index (χ2n) is 6.01. The third-order valence-corrected chi connectivity index (χ3v) is 4.38. The van der Waals surface area contributed by atoms with Gasteiger partial charge in [0.1, 0.15) is 11.8 Å². The van der Waals surface area contributed by atoms with Gasteiger partial charge in [-0.1, -0.05) is 0 Å². The van der Waals surface area contributed by atoms with Crippen molar-refractivity contribution in [2.45, 2.75) is 26.7 Å². The molecule has 1 aliphatic heterocycles. The van der Waals surface area contributed by atoms with Crippen LogP contribution in [0.2, 0.25) is 0 Å². The third-order valence-electron chi connectivity index (χ3n) is 4.38. The summed E-state index contributed by atoms with van der Waals surface area (Å²) in [5.41, 5.74) is 0.926. The standard InChI is InChI=1S/C16H21N3O2/c1-16(2,15(20)21-3)12-5-4-8-19(11-12)14-7-6-13(9-17)18-10-14/h6-7,10,12H,4-5,8,11H2,1-3H3. The molecule has 0 amide bonds. The number of carbonyl (C=O) groups excluding carboxylic acids is 1. The zero-order valence-electron chi connectivity index (χ0n) is 12.8. The number of nitrogens with zero attached hydrogens (tertiary/aromatic N) is 3. The number of ether oxygens (including phenoxy) is 1. The summed E-state index contributed by atoms with van der Waals surface area (Å²) in [6.45, 7) is 5.64. The van der Waals surface area contributed by atoms with Gasteiger partial charge in [-0.15, -0.1) is 0 Å². The molecule has 112 valence electrons. The van der Waals surface area contributed by atoms with Gasteiger partial charge in [-0.25, -0.2) is 4.98 Å². The van der Waals surface area contributed by atoms with Crippen LogP contribution >= 0.6 is 0 Å². The zero-order valence-corrected chi connectivity index (χ0v) is 12.8. The fourth-order valence-electron chi connectivity index (χ4n) is 2.87. The van der Waals surface area contributed by atoms with Crippen LogP contribution in [-0.2, 0) is 9.53 Å². The first-order valence-electron chi connectivity index (χ1n) is 7.18. The molecule has 1 saturated heterocycles. The highest BCUT2D eigenvalue weighted by Gasteiger charge is 2.40. The Morgan fingerprint density at radius 1 is 1.52 bits per heavy atom. The van der Waals surface area contributed by atoms with E-state index in [2.05, 4.69) is 9.88 Å². The van der Waals surface area contributed by atoms with Crippen LogP contribution in [0.5, 0.6) is 0 Å². The fourth-order valence-corrected chi connectivity index (χ4v) is 2.87. The van der Waals surface area contributed by atoms with Gasteiger partial charge in [-0.05, 0) is 44.7 Å². The van der Waals surface area contributed by atoms with Crippen molar-refractivity contribution < 1.29 is 9.53 Å². The number of nitriles is 1. The van der Waals surface area contributed by atoms with E-state index < -0.39 is 5.41 Å². The highest BCUT2D eigenvalue weighted by atomic mass is 16.5. The van der Waals surface area contributed by atoms with Crippen molar-refractivity contribution in [3.63, 3.8) is 0 Å². The average molecular weight is 287 g/mol. The Labute approximate surface area is 125 Å². The molecular formula is C16H21N3O2. The number of piperidine rings is 1. The Morgan fingerprint density at radius 3 is 2.86 bits per heavy atom. The van der Waals surface area contributed by atoms with E-state index in [4.69, 9.17) is 10.00 Å². The van der Waals surface area contributed by atoms with Crippen LogP contribution in [0.3, 0.4) is 0 Å². The summed E-state index contributed by atoms with van der Waals surface area (Å²) >= 11 is 0. The molecule has 0 saturated carbocycles. The van der Waals surface area contributed by atoms with Gasteiger partial charge in [0.05, 0.1) is 24.4 Å². The number of pyridine rings is 1. The Bertz CT molecular complexity index is 546. The largest absolute Gasteiger partial charge is 0.469 e. The minimum Gasteiger partial charge on any atom is -0.469 e. The molecule has 0 aromatic carbocycles. The summed E-state index contributed by atoms with van der Waals surface area (Å²) in [5, 5.41) is 8.80. The topological polar surface area (TPSA) is 66.2 Å². The minimum absolute atomic E-state index is 0.160. The van der Waals surface area contributed by atoms with E-state index in [0.717, 1.165) is 31.6 Å². The van der Waals surface area contributed by atoms with Gasteiger partial charge in [0.25, 0.3) is 0 Å². The monoisotopic (exact) mass is 287 g/mol. The SMILES string of the molecule is COC(=O)C(C)(C)C1CCCN(c2ccc(C#N)nc2)C1. The first-order valence-corrected chi connectivity index (χ1v) is 7.18. The molecule has 0 aliphatic carbocycles. The predicted octanol–water partition coefficient (Wildman–Crippen LogP) is 2.37. The molecule has 1 aromatic rings. The van der Waals surface area contributed by atoms with Gasteiger partial charge in [-0.2, -0.15) is 5.26 Å². The molecule has 1 fully saturated rings. The maximum absolute atomic E-state index is 12.0. The van der Waals surface area contributed by atoms with Crippen LogP contribution in [-0.4, -0.2) is 31.2 Å². The highest BCUT2D eigenvalue weighted by molar-refractivity contribution is 5.76. The molecule has 1 aliphatic rings. The molecule has 0 radical (unpaired) electrons. The summed E-state index contributed by atoms with van der Waals surface area (Å²) in [5.74, 6) is 0.0849. The number of hydrogen-bond acceptors (Lipinski definition) is 5. The summed E-state index contributed by atoms with van der Waals surface area (Å²) < 4.78 is 4.93. The molecule has 2 heterocycles. The maximum atomic E-state index is 12.0. The van der Waals surface area contributed by atoms with E-state index in [9.17, 15) is 4.79 Å². The normalized spacial score (nSPS) is 19.0. The Hall–Kier alpha value is -2.09. The Balaban J connectivity index is 2.13. The fraction of sp³-hybridized carbons (Fsp3) is 0.562. The Kier molecular flexibility index (Phi) is 4.46. The van der Waals surface area contributed by atoms with Crippen molar-refractivity contribution >= 4 is 11.7 Å². The molecular weight excluding hydrogens is 266 g/mol. The average Bonchev–Trinajstić information content (AvgIpc) is 2.54. The van der Waals surface area contributed by atoms with E-state index in [1.165, 1.54) is 7.11 Å². The van der Waals surface area contributed by atoms with E-state index >= 15 is 0 Å². The van der Waals surface area contributed by atoms with Crippen LogP contribution in [0.4, 0.5) is 5.69 Å². The first-order chi connectivity index (χ1) is 9.98. The van der Waals surface area contributed by atoms with Gasteiger partial charge in [0.2, 0.25) is 0 Å².